The molecule has 0 N–H and O–H groups in total. The van der Waals surface area contributed by atoms with Gasteiger partial charge in [0.25, 0.3) is 0 Å². The van der Waals surface area contributed by atoms with Crippen LogP contribution in [0.15, 0.2) is 6.20 Å². The second kappa shape index (κ2) is 5.16. The average molecular weight is 367 g/mol. The Morgan fingerprint density at radius 2 is 2.00 bits per heavy atom. The second-order valence-corrected chi connectivity index (χ2v) is 7.87. The Morgan fingerprint density at radius 3 is 2.74 bits per heavy atom. The Labute approximate surface area is 149 Å². The zero-order chi connectivity index (χ0) is 15.0. The minimum atomic E-state index is 0. The molecule has 1 aliphatic carbocycles. The van der Waals surface area contributed by atoms with E-state index in [1.807, 2.05) is 13.1 Å². The third-order valence-electron chi connectivity index (χ3n) is 5.04. The summed E-state index contributed by atoms with van der Waals surface area (Å²) in [6, 6.07) is 0. The fourth-order valence-corrected chi connectivity index (χ4v) is 5.11. The van der Waals surface area contributed by atoms with E-state index in [2.05, 4.69) is 27.0 Å². The molecule has 0 bridgehead atoms. The highest BCUT2D eigenvalue weighted by molar-refractivity contribution is 7.26. The van der Waals surface area contributed by atoms with Crippen molar-refractivity contribution >= 4 is 61.5 Å². The van der Waals surface area contributed by atoms with Crippen LogP contribution in [-0.2, 0) is 0 Å². The predicted molar refractivity (Wildman–Crippen MR) is 98.3 cm³/mol. The second-order valence-electron chi connectivity index (χ2n) is 6.49. The molecule has 0 amide bonds. The van der Waals surface area contributed by atoms with Crippen molar-refractivity contribution in [3.05, 3.63) is 22.5 Å². The number of rotatable bonds is 1. The minimum Gasteiger partial charge on any atom is -0.353 e. The number of hydrogen-bond donors (Lipinski definition) is 0. The maximum absolute atomic E-state index is 6.40. The summed E-state index contributed by atoms with van der Waals surface area (Å²) in [5.74, 6) is 2.78. The number of pyridine rings is 1. The van der Waals surface area contributed by atoms with Gasteiger partial charge in [0.05, 0.1) is 21.6 Å². The van der Waals surface area contributed by atoms with Crippen LogP contribution in [0.1, 0.15) is 17.7 Å². The molecule has 23 heavy (non-hydrogen) atoms. The van der Waals surface area contributed by atoms with Gasteiger partial charge in [-0.15, -0.1) is 28.8 Å². The highest BCUT2D eigenvalue weighted by Crippen LogP contribution is 2.48. The van der Waals surface area contributed by atoms with Crippen molar-refractivity contribution in [2.24, 2.45) is 11.8 Å². The first kappa shape index (κ1) is 15.4. The Balaban J connectivity index is 0.00000135. The van der Waals surface area contributed by atoms with Gasteiger partial charge in [0, 0.05) is 23.9 Å². The number of nitrogens with zero attached hydrogens (tertiary/aromatic N) is 4. The highest BCUT2D eigenvalue weighted by Gasteiger charge is 2.46. The average Bonchev–Trinajstić information content (AvgIpc) is 2.94. The summed E-state index contributed by atoms with van der Waals surface area (Å²) >= 11 is 8.12. The minimum absolute atomic E-state index is 0. The lowest BCUT2D eigenvalue weighted by Gasteiger charge is -2.18. The van der Waals surface area contributed by atoms with Crippen molar-refractivity contribution in [3.8, 4) is 0 Å². The number of anilines is 1. The molecule has 1 saturated carbocycles. The van der Waals surface area contributed by atoms with E-state index in [4.69, 9.17) is 11.6 Å². The molecule has 2 atom stereocenters. The van der Waals surface area contributed by atoms with Crippen molar-refractivity contribution < 1.29 is 0 Å². The van der Waals surface area contributed by atoms with Crippen LogP contribution in [0.3, 0.4) is 0 Å². The van der Waals surface area contributed by atoms with Crippen molar-refractivity contribution in [2.45, 2.75) is 20.3 Å². The van der Waals surface area contributed by atoms with E-state index in [-0.39, 0.29) is 12.4 Å². The molecular formula is C16H16Cl2N4S. The number of hydrogen-bond acceptors (Lipinski definition) is 5. The van der Waals surface area contributed by atoms with Crippen LogP contribution in [0.5, 0.6) is 0 Å². The lowest BCUT2D eigenvalue weighted by Crippen LogP contribution is -2.23. The molecule has 3 aromatic heterocycles. The Kier molecular flexibility index (Phi) is 3.45. The fourth-order valence-electron chi connectivity index (χ4n) is 3.71. The number of halogens is 2. The molecule has 4 heterocycles. The molecule has 1 aliphatic heterocycles. The maximum atomic E-state index is 6.40. The molecule has 0 radical (unpaired) electrons. The normalized spacial score (nSPS) is 22.5. The van der Waals surface area contributed by atoms with Crippen molar-refractivity contribution in [1.29, 1.82) is 0 Å². The zero-order valence-corrected chi connectivity index (χ0v) is 15.2. The maximum Gasteiger partial charge on any atom is 0.169 e. The summed E-state index contributed by atoms with van der Waals surface area (Å²) in [5.41, 5.74) is 1.99. The monoisotopic (exact) mass is 366 g/mol. The van der Waals surface area contributed by atoms with E-state index in [1.165, 1.54) is 11.1 Å². The van der Waals surface area contributed by atoms with Crippen molar-refractivity contribution in [2.75, 3.05) is 18.0 Å². The molecular weight excluding hydrogens is 351 g/mol. The van der Waals surface area contributed by atoms with Gasteiger partial charge in [0.15, 0.2) is 5.82 Å². The summed E-state index contributed by atoms with van der Waals surface area (Å²) in [5, 5.41) is 11.7. The predicted octanol–water partition coefficient (Wildman–Crippen LogP) is 4.39. The smallest absolute Gasteiger partial charge is 0.169 e. The molecule has 1 saturated heterocycles. The van der Waals surface area contributed by atoms with Gasteiger partial charge in [0.2, 0.25) is 0 Å². The molecule has 2 aliphatic rings. The standard InChI is InChI=1S/C16H15ClN4S.ClH/c1-7-12-11-4-18-20-15(21-5-9-3-10(9)6-21)14(11)22-16(12)19-8(2)13(7)17;/h4,9-10H,3,5-6H2,1-2H3;1H. The van der Waals surface area contributed by atoms with E-state index in [0.29, 0.717) is 0 Å². The Morgan fingerprint density at radius 1 is 1.26 bits per heavy atom. The number of aromatic nitrogens is 3. The molecule has 0 spiro atoms. The van der Waals surface area contributed by atoms with E-state index in [9.17, 15) is 0 Å². The number of piperidine rings is 1. The number of aryl methyl sites for hydroxylation is 2. The van der Waals surface area contributed by atoms with E-state index >= 15 is 0 Å². The molecule has 3 aromatic rings. The van der Waals surface area contributed by atoms with Gasteiger partial charge in [-0.1, -0.05) is 11.6 Å². The van der Waals surface area contributed by atoms with Crippen LogP contribution in [0.2, 0.25) is 5.02 Å². The Bertz CT molecular complexity index is 929. The Hall–Kier alpha value is -1.17. The van der Waals surface area contributed by atoms with Crippen molar-refractivity contribution in [3.63, 3.8) is 0 Å². The summed E-state index contributed by atoms with van der Waals surface area (Å²) in [7, 11) is 0. The molecule has 5 rings (SSSR count). The lowest BCUT2D eigenvalue weighted by molar-refractivity contribution is 0.798. The molecule has 2 unspecified atom stereocenters. The molecule has 120 valence electrons. The van der Waals surface area contributed by atoms with Gasteiger partial charge >= 0.3 is 0 Å². The van der Waals surface area contributed by atoms with Gasteiger partial charge in [-0.3, -0.25) is 0 Å². The summed E-state index contributed by atoms with van der Waals surface area (Å²) in [6.45, 7) is 6.28. The van der Waals surface area contributed by atoms with Crippen LogP contribution >= 0.6 is 35.3 Å². The van der Waals surface area contributed by atoms with Gasteiger partial charge in [0.1, 0.15) is 4.83 Å². The molecule has 4 nitrogen and oxygen atoms in total. The van der Waals surface area contributed by atoms with E-state index < -0.39 is 0 Å². The number of thiophene rings is 1. The fraction of sp³-hybridized carbons (Fsp3) is 0.438. The third kappa shape index (κ3) is 2.13. The summed E-state index contributed by atoms with van der Waals surface area (Å²) < 4.78 is 1.20. The largest absolute Gasteiger partial charge is 0.353 e. The van der Waals surface area contributed by atoms with E-state index in [1.54, 1.807) is 11.3 Å². The van der Waals surface area contributed by atoms with Gasteiger partial charge in [-0.2, -0.15) is 5.10 Å². The summed E-state index contributed by atoms with van der Waals surface area (Å²) in [4.78, 5) is 8.11. The molecule has 7 heteroatoms. The number of fused-ring (bicyclic) bond motifs is 4. The van der Waals surface area contributed by atoms with Crippen LogP contribution in [0.25, 0.3) is 20.3 Å². The van der Waals surface area contributed by atoms with Crippen LogP contribution in [0.4, 0.5) is 5.82 Å². The highest BCUT2D eigenvalue weighted by atomic mass is 35.5. The van der Waals surface area contributed by atoms with Crippen molar-refractivity contribution in [1.82, 2.24) is 15.2 Å². The van der Waals surface area contributed by atoms with Gasteiger partial charge < -0.3 is 4.90 Å². The first-order valence-electron chi connectivity index (χ1n) is 7.59. The SMILES string of the molecule is Cc1nc2sc3c(N4CC5CC5C4)nncc3c2c(C)c1Cl.Cl. The molecule has 0 aromatic carbocycles. The molecule has 2 fully saturated rings. The topological polar surface area (TPSA) is 41.9 Å². The lowest BCUT2D eigenvalue weighted by atomic mass is 10.1. The van der Waals surface area contributed by atoms with Crippen LogP contribution in [-0.4, -0.2) is 28.3 Å². The third-order valence-corrected chi connectivity index (χ3v) is 6.69. The van der Waals surface area contributed by atoms with Crippen LogP contribution in [0, 0.1) is 25.7 Å². The quantitative estimate of drug-likeness (QED) is 0.640. The van der Waals surface area contributed by atoms with Crippen LogP contribution < -0.4 is 4.90 Å². The van der Waals surface area contributed by atoms with Gasteiger partial charge in [-0.05, 0) is 37.7 Å². The first-order chi connectivity index (χ1) is 10.6. The van der Waals surface area contributed by atoms with E-state index in [0.717, 1.165) is 62.6 Å². The zero-order valence-electron chi connectivity index (χ0n) is 12.8. The first-order valence-corrected chi connectivity index (χ1v) is 8.78. The van der Waals surface area contributed by atoms with Gasteiger partial charge in [-0.25, -0.2) is 4.98 Å². The summed E-state index contributed by atoms with van der Waals surface area (Å²) in [6.07, 6.45) is 3.25.